The van der Waals surface area contributed by atoms with Crippen LogP contribution in [0.1, 0.15) is 17.3 Å². The van der Waals surface area contributed by atoms with Crippen molar-refractivity contribution in [3.8, 4) is 0 Å². The molecule has 0 spiro atoms. The molecule has 1 saturated heterocycles. The number of rotatable bonds is 1. The predicted molar refractivity (Wildman–Crippen MR) is 77.3 cm³/mol. The SMILES string of the molecule is CC1CNCCN1C(=O)c1ccc(F)c2ccccc12. The molecule has 20 heavy (non-hydrogen) atoms. The van der Waals surface area contributed by atoms with Crippen molar-refractivity contribution in [2.45, 2.75) is 13.0 Å². The van der Waals surface area contributed by atoms with Gasteiger partial charge in [-0.3, -0.25) is 4.79 Å². The third-order valence-corrected chi connectivity index (χ3v) is 3.86. The number of nitrogens with zero attached hydrogens (tertiary/aromatic N) is 1. The Labute approximate surface area is 117 Å². The van der Waals surface area contributed by atoms with E-state index < -0.39 is 0 Å². The van der Waals surface area contributed by atoms with Gasteiger partial charge in [0, 0.05) is 36.6 Å². The van der Waals surface area contributed by atoms with Gasteiger partial charge in [-0.2, -0.15) is 0 Å². The molecule has 1 heterocycles. The summed E-state index contributed by atoms with van der Waals surface area (Å²) in [7, 11) is 0. The number of carbonyl (C=O) groups excluding carboxylic acids is 1. The highest BCUT2D eigenvalue weighted by Gasteiger charge is 2.25. The fraction of sp³-hybridized carbons (Fsp3) is 0.312. The molecule has 1 atom stereocenters. The van der Waals surface area contributed by atoms with Crippen molar-refractivity contribution in [3.63, 3.8) is 0 Å². The molecule has 1 aliphatic heterocycles. The maximum atomic E-state index is 13.8. The van der Waals surface area contributed by atoms with Crippen molar-refractivity contribution in [2.24, 2.45) is 0 Å². The van der Waals surface area contributed by atoms with Crippen molar-refractivity contribution in [1.29, 1.82) is 0 Å². The van der Waals surface area contributed by atoms with E-state index in [2.05, 4.69) is 5.32 Å². The van der Waals surface area contributed by atoms with E-state index in [1.165, 1.54) is 6.07 Å². The normalized spacial score (nSPS) is 19.3. The zero-order chi connectivity index (χ0) is 14.1. The summed E-state index contributed by atoms with van der Waals surface area (Å²) in [5, 5.41) is 4.45. The summed E-state index contributed by atoms with van der Waals surface area (Å²) >= 11 is 0. The highest BCUT2D eigenvalue weighted by molar-refractivity contribution is 6.07. The number of fused-ring (bicyclic) bond motifs is 1. The summed E-state index contributed by atoms with van der Waals surface area (Å²) in [4.78, 5) is 14.6. The Balaban J connectivity index is 2.06. The monoisotopic (exact) mass is 272 g/mol. The number of hydrogen-bond acceptors (Lipinski definition) is 2. The van der Waals surface area contributed by atoms with Gasteiger partial charge in [-0.25, -0.2) is 4.39 Å². The van der Waals surface area contributed by atoms with E-state index in [1.807, 2.05) is 17.9 Å². The average molecular weight is 272 g/mol. The molecule has 1 amide bonds. The summed E-state index contributed by atoms with van der Waals surface area (Å²) in [5.74, 6) is -0.305. The second-order valence-corrected chi connectivity index (χ2v) is 5.19. The Morgan fingerprint density at radius 3 is 2.75 bits per heavy atom. The van der Waals surface area contributed by atoms with Crippen LogP contribution in [0.25, 0.3) is 10.8 Å². The third-order valence-electron chi connectivity index (χ3n) is 3.86. The van der Waals surface area contributed by atoms with Crippen LogP contribution in [0.4, 0.5) is 4.39 Å². The van der Waals surface area contributed by atoms with Crippen LogP contribution in [0.2, 0.25) is 0 Å². The van der Waals surface area contributed by atoms with Crippen molar-refractivity contribution in [1.82, 2.24) is 10.2 Å². The predicted octanol–water partition coefficient (Wildman–Crippen LogP) is 2.41. The number of halogens is 1. The van der Waals surface area contributed by atoms with E-state index in [1.54, 1.807) is 24.3 Å². The lowest BCUT2D eigenvalue weighted by Gasteiger charge is -2.34. The van der Waals surface area contributed by atoms with E-state index in [9.17, 15) is 9.18 Å². The molecule has 4 heteroatoms. The van der Waals surface area contributed by atoms with E-state index >= 15 is 0 Å². The molecule has 0 aliphatic carbocycles. The summed E-state index contributed by atoms with van der Waals surface area (Å²) in [6.07, 6.45) is 0. The van der Waals surface area contributed by atoms with Gasteiger partial charge >= 0.3 is 0 Å². The van der Waals surface area contributed by atoms with Crippen LogP contribution >= 0.6 is 0 Å². The van der Waals surface area contributed by atoms with Gasteiger partial charge in [0.05, 0.1) is 0 Å². The Hall–Kier alpha value is -1.94. The molecule has 0 radical (unpaired) electrons. The van der Waals surface area contributed by atoms with Crippen LogP contribution < -0.4 is 5.32 Å². The van der Waals surface area contributed by atoms with Gasteiger partial charge in [-0.15, -0.1) is 0 Å². The highest BCUT2D eigenvalue weighted by Crippen LogP contribution is 2.23. The molecule has 1 aliphatic rings. The topological polar surface area (TPSA) is 32.3 Å². The molecule has 0 aromatic heterocycles. The minimum absolute atomic E-state index is 0.0183. The molecule has 3 rings (SSSR count). The first kappa shape index (κ1) is 13.1. The van der Waals surface area contributed by atoms with Gasteiger partial charge in [0.25, 0.3) is 5.91 Å². The minimum Gasteiger partial charge on any atom is -0.333 e. The maximum absolute atomic E-state index is 13.8. The van der Waals surface area contributed by atoms with Crippen molar-refractivity contribution in [2.75, 3.05) is 19.6 Å². The van der Waals surface area contributed by atoms with Gasteiger partial charge in [0.15, 0.2) is 0 Å². The van der Waals surface area contributed by atoms with Crippen LogP contribution in [-0.2, 0) is 0 Å². The molecule has 2 aromatic rings. The number of amides is 1. The first-order chi connectivity index (χ1) is 9.68. The molecule has 2 aromatic carbocycles. The Morgan fingerprint density at radius 1 is 1.25 bits per heavy atom. The Bertz CT molecular complexity index is 656. The lowest BCUT2D eigenvalue weighted by Crippen LogP contribution is -2.52. The average Bonchev–Trinajstić information content (AvgIpc) is 2.48. The maximum Gasteiger partial charge on any atom is 0.254 e. The fourth-order valence-corrected chi connectivity index (χ4v) is 2.75. The van der Waals surface area contributed by atoms with Gasteiger partial charge in [-0.1, -0.05) is 24.3 Å². The third kappa shape index (κ3) is 2.16. The zero-order valence-corrected chi connectivity index (χ0v) is 11.4. The Morgan fingerprint density at radius 2 is 2.00 bits per heavy atom. The van der Waals surface area contributed by atoms with Gasteiger partial charge < -0.3 is 10.2 Å². The molecular formula is C16H17FN2O. The Kier molecular flexibility index (Phi) is 3.40. The van der Waals surface area contributed by atoms with Gasteiger partial charge in [0.1, 0.15) is 5.82 Å². The van der Waals surface area contributed by atoms with Crippen LogP contribution in [0.15, 0.2) is 36.4 Å². The summed E-state index contributed by atoms with van der Waals surface area (Å²) in [6, 6.07) is 10.3. The number of benzene rings is 2. The van der Waals surface area contributed by atoms with Crippen molar-refractivity contribution in [3.05, 3.63) is 47.8 Å². The smallest absolute Gasteiger partial charge is 0.254 e. The number of piperazine rings is 1. The summed E-state index contributed by atoms with van der Waals surface area (Å²) in [5.41, 5.74) is 0.579. The lowest BCUT2D eigenvalue weighted by molar-refractivity contribution is 0.0658. The number of nitrogens with one attached hydrogen (secondary N) is 1. The molecular weight excluding hydrogens is 255 g/mol. The second-order valence-electron chi connectivity index (χ2n) is 5.19. The van der Waals surface area contributed by atoms with Crippen LogP contribution in [0.5, 0.6) is 0 Å². The summed E-state index contributed by atoms with van der Waals surface area (Å²) < 4.78 is 13.8. The van der Waals surface area contributed by atoms with Crippen LogP contribution in [0, 0.1) is 5.82 Å². The highest BCUT2D eigenvalue weighted by atomic mass is 19.1. The molecule has 0 bridgehead atoms. The zero-order valence-electron chi connectivity index (χ0n) is 11.4. The summed E-state index contributed by atoms with van der Waals surface area (Å²) in [6.45, 7) is 4.31. The largest absolute Gasteiger partial charge is 0.333 e. The van der Waals surface area contributed by atoms with Crippen LogP contribution in [-0.4, -0.2) is 36.5 Å². The standard InChI is InChI=1S/C16H17FN2O/c1-11-10-18-8-9-19(11)16(20)14-6-7-15(17)13-5-3-2-4-12(13)14/h2-7,11,18H,8-10H2,1H3. The van der Waals surface area contributed by atoms with E-state index in [4.69, 9.17) is 0 Å². The van der Waals surface area contributed by atoms with Crippen molar-refractivity contribution < 1.29 is 9.18 Å². The first-order valence-corrected chi connectivity index (χ1v) is 6.87. The molecule has 104 valence electrons. The number of carbonyl (C=O) groups is 1. The number of hydrogen-bond donors (Lipinski definition) is 1. The van der Waals surface area contributed by atoms with Crippen molar-refractivity contribution >= 4 is 16.7 Å². The van der Waals surface area contributed by atoms with Gasteiger partial charge in [-0.05, 0) is 24.4 Å². The van der Waals surface area contributed by atoms with E-state index in [-0.39, 0.29) is 17.8 Å². The minimum atomic E-state index is -0.287. The quantitative estimate of drug-likeness (QED) is 0.864. The molecule has 1 fully saturated rings. The van der Waals surface area contributed by atoms with Gasteiger partial charge in [0.2, 0.25) is 0 Å². The molecule has 1 unspecified atom stereocenters. The molecule has 0 saturated carbocycles. The van der Waals surface area contributed by atoms with E-state index in [0.29, 0.717) is 22.9 Å². The molecule has 1 N–H and O–H groups in total. The molecule has 3 nitrogen and oxygen atoms in total. The second kappa shape index (κ2) is 5.21. The fourth-order valence-electron chi connectivity index (χ4n) is 2.75. The first-order valence-electron chi connectivity index (χ1n) is 6.87. The lowest BCUT2D eigenvalue weighted by atomic mass is 10.0. The van der Waals surface area contributed by atoms with E-state index in [0.717, 1.165) is 13.1 Å². The van der Waals surface area contributed by atoms with Crippen LogP contribution in [0.3, 0.4) is 0 Å².